The summed E-state index contributed by atoms with van der Waals surface area (Å²) in [4.78, 5) is 0. The molecular weight excluding hydrogens is 226 g/mol. The number of nitrogens with one attached hydrogen (secondary N) is 1. The highest BCUT2D eigenvalue weighted by Crippen LogP contribution is 2.24. The van der Waals surface area contributed by atoms with Crippen molar-refractivity contribution in [3.05, 3.63) is 0 Å². The molecule has 0 heterocycles. The monoisotopic (exact) mass is 257 g/mol. The molecule has 0 aromatic heterocycles. The molecule has 1 aliphatic rings. The van der Waals surface area contributed by atoms with Gasteiger partial charge in [-0.15, -0.1) is 0 Å². The molecular formula is C15H31NO2. The SMILES string of the molecule is CC(C)CCCOCCCC(C)(CO)NC1CC1. The van der Waals surface area contributed by atoms with Gasteiger partial charge in [-0.1, -0.05) is 13.8 Å². The maximum absolute atomic E-state index is 9.46. The molecule has 0 saturated heterocycles. The Hall–Kier alpha value is -0.120. The Labute approximate surface area is 112 Å². The smallest absolute Gasteiger partial charge is 0.0610 e. The summed E-state index contributed by atoms with van der Waals surface area (Å²) < 4.78 is 5.64. The molecule has 1 unspecified atom stereocenters. The molecule has 0 amide bonds. The lowest BCUT2D eigenvalue weighted by molar-refractivity contribution is 0.105. The molecule has 108 valence electrons. The normalized spacial score (nSPS) is 19.2. The van der Waals surface area contributed by atoms with Crippen molar-refractivity contribution in [2.75, 3.05) is 19.8 Å². The van der Waals surface area contributed by atoms with E-state index in [9.17, 15) is 5.11 Å². The second-order valence-corrected chi connectivity index (χ2v) is 6.39. The molecule has 0 aromatic carbocycles. The average Bonchev–Trinajstić information content (AvgIpc) is 3.11. The Bertz CT molecular complexity index is 217. The van der Waals surface area contributed by atoms with Crippen molar-refractivity contribution in [3.63, 3.8) is 0 Å². The van der Waals surface area contributed by atoms with Crippen molar-refractivity contribution in [3.8, 4) is 0 Å². The highest BCUT2D eigenvalue weighted by atomic mass is 16.5. The van der Waals surface area contributed by atoms with Crippen LogP contribution in [0, 0.1) is 5.92 Å². The first-order valence-corrected chi connectivity index (χ1v) is 7.52. The molecule has 1 aliphatic carbocycles. The van der Waals surface area contributed by atoms with Crippen LogP contribution in [-0.4, -0.2) is 36.5 Å². The lowest BCUT2D eigenvalue weighted by Gasteiger charge is -2.29. The van der Waals surface area contributed by atoms with Crippen LogP contribution in [0.3, 0.4) is 0 Å². The summed E-state index contributed by atoms with van der Waals surface area (Å²) in [5.74, 6) is 0.772. The van der Waals surface area contributed by atoms with Gasteiger partial charge in [-0.2, -0.15) is 0 Å². The number of hydrogen-bond donors (Lipinski definition) is 2. The maximum Gasteiger partial charge on any atom is 0.0610 e. The quantitative estimate of drug-likeness (QED) is 0.559. The zero-order chi connectivity index (χ0) is 13.4. The molecule has 0 aromatic rings. The van der Waals surface area contributed by atoms with E-state index < -0.39 is 0 Å². The lowest BCUT2D eigenvalue weighted by Crippen LogP contribution is -2.47. The summed E-state index contributed by atoms with van der Waals surface area (Å²) in [6.07, 6.45) is 6.96. The van der Waals surface area contributed by atoms with Crippen LogP contribution in [0.2, 0.25) is 0 Å². The van der Waals surface area contributed by atoms with E-state index in [4.69, 9.17) is 4.74 Å². The fourth-order valence-electron chi connectivity index (χ4n) is 2.18. The molecule has 1 fully saturated rings. The topological polar surface area (TPSA) is 41.5 Å². The van der Waals surface area contributed by atoms with Crippen LogP contribution in [0.15, 0.2) is 0 Å². The van der Waals surface area contributed by atoms with Crippen LogP contribution >= 0.6 is 0 Å². The second kappa shape index (κ2) is 8.13. The van der Waals surface area contributed by atoms with E-state index in [1.807, 2.05) is 0 Å². The fraction of sp³-hybridized carbons (Fsp3) is 1.00. The van der Waals surface area contributed by atoms with Gasteiger partial charge in [0.1, 0.15) is 0 Å². The molecule has 0 radical (unpaired) electrons. The van der Waals surface area contributed by atoms with Gasteiger partial charge in [0.15, 0.2) is 0 Å². The van der Waals surface area contributed by atoms with Crippen LogP contribution in [0.1, 0.15) is 59.3 Å². The van der Waals surface area contributed by atoms with Crippen molar-refractivity contribution >= 4 is 0 Å². The molecule has 1 saturated carbocycles. The Morgan fingerprint density at radius 2 is 1.94 bits per heavy atom. The van der Waals surface area contributed by atoms with Gasteiger partial charge in [0.25, 0.3) is 0 Å². The predicted octanol–water partition coefficient (Wildman–Crippen LogP) is 2.72. The van der Waals surface area contributed by atoms with E-state index in [0.717, 1.165) is 38.4 Å². The van der Waals surface area contributed by atoms with E-state index >= 15 is 0 Å². The summed E-state index contributed by atoms with van der Waals surface area (Å²) >= 11 is 0. The molecule has 2 N–H and O–H groups in total. The molecule has 3 nitrogen and oxygen atoms in total. The standard InChI is InChI=1S/C15H31NO2/c1-13(2)6-4-10-18-11-5-9-15(3,12-17)16-14-7-8-14/h13-14,16-17H,4-12H2,1-3H3. The van der Waals surface area contributed by atoms with Crippen molar-refractivity contribution in [2.24, 2.45) is 5.92 Å². The third-order valence-electron chi connectivity index (χ3n) is 3.57. The van der Waals surface area contributed by atoms with Gasteiger partial charge in [-0.3, -0.25) is 0 Å². The van der Waals surface area contributed by atoms with Crippen molar-refractivity contribution in [2.45, 2.75) is 70.9 Å². The molecule has 1 rings (SSSR count). The Morgan fingerprint density at radius 1 is 1.28 bits per heavy atom. The Morgan fingerprint density at radius 3 is 2.50 bits per heavy atom. The van der Waals surface area contributed by atoms with E-state index in [1.165, 1.54) is 19.3 Å². The maximum atomic E-state index is 9.46. The number of aliphatic hydroxyl groups excluding tert-OH is 1. The van der Waals surface area contributed by atoms with Crippen molar-refractivity contribution in [1.29, 1.82) is 0 Å². The van der Waals surface area contributed by atoms with Gasteiger partial charge >= 0.3 is 0 Å². The van der Waals surface area contributed by atoms with Crippen LogP contribution in [-0.2, 0) is 4.74 Å². The first-order chi connectivity index (χ1) is 8.56. The van der Waals surface area contributed by atoms with Gasteiger partial charge in [0, 0.05) is 24.8 Å². The Balaban J connectivity index is 1.97. The molecule has 18 heavy (non-hydrogen) atoms. The highest BCUT2D eigenvalue weighted by molar-refractivity contribution is 4.92. The molecule has 0 bridgehead atoms. The zero-order valence-corrected chi connectivity index (χ0v) is 12.4. The van der Waals surface area contributed by atoms with E-state index in [-0.39, 0.29) is 12.1 Å². The first kappa shape index (κ1) is 15.9. The number of aliphatic hydroxyl groups is 1. The predicted molar refractivity (Wildman–Crippen MR) is 75.8 cm³/mol. The van der Waals surface area contributed by atoms with Gasteiger partial charge in [0.2, 0.25) is 0 Å². The van der Waals surface area contributed by atoms with Crippen molar-refractivity contribution < 1.29 is 9.84 Å². The minimum absolute atomic E-state index is 0.109. The summed E-state index contributed by atoms with van der Waals surface area (Å²) in [5.41, 5.74) is -0.109. The van der Waals surface area contributed by atoms with E-state index in [2.05, 4.69) is 26.1 Å². The third-order valence-corrected chi connectivity index (χ3v) is 3.57. The molecule has 0 spiro atoms. The van der Waals surface area contributed by atoms with Gasteiger partial charge < -0.3 is 15.2 Å². The van der Waals surface area contributed by atoms with Crippen molar-refractivity contribution in [1.82, 2.24) is 5.32 Å². The van der Waals surface area contributed by atoms with Gasteiger partial charge in [-0.25, -0.2) is 0 Å². The number of rotatable bonds is 11. The molecule has 3 heteroatoms. The fourth-order valence-corrected chi connectivity index (χ4v) is 2.18. The Kier molecular flexibility index (Phi) is 7.20. The van der Waals surface area contributed by atoms with Crippen LogP contribution in [0.4, 0.5) is 0 Å². The van der Waals surface area contributed by atoms with Crippen LogP contribution in [0.25, 0.3) is 0 Å². The van der Waals surface area contributed by atoms with Gasteiger partial charge in [-0.05, 0) is 51.4 Å². The molecule has 0 aliphatic heterocycles. The second-order valence-electron chi connectivity index (χ2n) is 6.39. The van der Waals surface area contributed by atoms with Crippen LogP contribution in [0.5, 0.6) is 0 Å². The summed E-state index contributed by atoms with van der Waals surface area (Å²) in [6.45, 7) is 8.53. The van der Waals surface area contributed by atoms with Crippen LogP contribution < -0.4 is 5.32 Å². The third kappa shape index (κ3) is 7.34. The first-order valence-electron chi connectivity index (χ1n) is 7.52. The number of ether oxygens (including phenoxy) is 1. The average molecular weight is 257 g/mol. The van der Waals surface area contributed by atoms with E-state index in [0.29, 0.717) is 6.04 Å². The summed E-state index contributed by atoms with van der Waals surface area (Å²) in [6, 6.07) is 0.647. The largest absolute Gasteiger partial charge is 0.394 e. The van der Waals surface area contributed by atoms with Gasteiger partial charge in [0.05, 0.1) is 6.61 Å². The zero-order valence-electron chi connectivity index (χ0n) is 12.4. The minimum atomic E-state index is -0.109. The number of hydrogen-bond acceptors (Lipinski definition) is 3. The molecule has 1 atom stereocenters. The minimum Gasteiger partial charge on any atom is -0.394 e. The summed E-state index contributed by atoms with van der Waals surface area (Å²) in [7, 11) is 0. The summed E-state index contributed by atoms with van der Waals surface area (Å²) in [5, 5.41) is 13.0. The van der Waals surface area contributed by atoms with E-state index in [1.54, 1.807) is 0 Å². The highest BCUT2D eigenvalue weighted by Gasteiger charge is 2.31. The lowest BCUT2D eigenvalue weighted by atomic mass is 9.97.